The number of carbonyl (C=O) groups is 2. The van der Waals surface area contributed by atoms with Crippen LogP contribution in [0.1, 0.15) is 0 Å². The van der Waals surface area contributed by atoms with Gasteiger partial charge in [0.15, 0.2) is 6.54 Å². The van der Waals surface area contributed by atoms with Crippen molar-refractivity contribution in [2.24, 2.45) is 0 Å². The van der Waals surface area contributed by atoms with Crippen LogP contribution in [0.4, 0.5) is 4.79 Å². The van der Waals surface area contributed by atoms with E-state index in [1.807, 2.05) is 0 Å². The van der Waals surface area contributed by atoms with E-state index in [1.165, 1.54) is 10.4 Å². The average Bonchev–Trinajstić information content (AvgIpc) is 3.16. The van der Waals surface area contributed by atoms with E-state index >= 15 is 0 Å². The number of sulfonamides is 1. The molecule has 24 heavy (non-hydrogen) atoms. The van der Waals surface area contributed by atoms with Gasteiger partial charge in [-0.3, -0.25) is 4.79 Å². The third kappa shape index (κ3) is 3.57. The first-order chi connectivity index (χ1) is 11.4. The fourth-order valence-electron chi connectivity index (χ4n) is 2.71. The van der Waals surface area contributed by atoms with Crippen LogP contribution < -0.4 is 4.90 Å². The molecule has 3 heterocycles. The maximum Gasteiger partial charge on any atom is 0.416 e. The molecule has 132 valence electrons. The lowest BCUT2D eigenvalue weighted by Crippen LogP contribution is -3.15. The summed E-state index contributed by atoms with van der Waals surface area (Å²) in [6.45, 7) is 2.34. The van der Waals surface area contributed by atoms with Crippen molar-refractivity contribution in [1.29, 1.82) is 0 Å². The summed E-state index contributed by atoms with van der Waals surface area (Å²) in [5.74, 6) is -0.283. The first-order valence-electron chi connectivity index (χ1n) is 7.44. The maximum absolute atomic E-state index is 12.5. The summed E-state index contributed by atoms with van der Waals surface area (Å²) in [5.41, 5.74) is 0. The van der Waals surface area contributed by atoms with Crippen molar-refractivity contribution in [2.75, 3.05) is 45.9 Å². The Kier molecular flexibility index (Phi) is 5.11. The zero-order chi connectivity index (χ0) is 17.3. The molecule has 0 unspecified atom stereocenters. The smallest absolute Gasteiger partial charge is 0.416 e. The molecule has 2 amide bonds. The summed E-state index contributed by atoms with van der Waals surface area (Å²) in [5, 5.41) is 0. The number of hydrogen-bond donors (Lipinski definition) is 1. The third-order valence-electron chi connectivity index (χ3n) is 4.04. The van der Waals surface area contributed by atoms with Gasteiger partial charge in [0.25, 0.3) is 15.9 Å². The summed E-state index contributed by atoms with van der Waals surface area (Å²) in [7, 11) is -3.53. The van der Waals surface area contributed by atoms with Gasteiger partial charge in [0.05, 0.1) is 37.1 Å². The van der Waals surface area contributed by atoms with Crippen LogP contribution in [0, 0.1) is 0 Å². The number of carbonyl (C=O) groups excluding carboxylic acids is 2. The minimum Gasteiger partial charge on any atom is -0.447 e. The fourth-order valence-corrected chi connectivity index (χ4v) is 5.79. The Morgan fingerprint density at radius 1 is 1.29 bits per heavy atom. The molecule has 2 aliphatic rings. The molecule has 0 aromatic carbocycles. The van der Waals surface area contributed by atoms with E-state index in [9.17, 15) is 18.0 Å². The molecular weight excluding hydrogens is 378 g/mol. The highest BCUT2D eigenvalue weighted by atomic mass is 35.5. The zero-order valence-corrected chi connectivity index (χ0v) is 15.1. The highest BCUT2D eigenvalue weighted by Crippen LogP contribution is 2.27. The number of imide groups is 1. The van der Waals surface area contributed by atoms with Crippen LogP contribution in [-0.4, -0.2) is 75.5 Å². The normalized spacial score (nSPS) is 20.4. The standard InChI is InChI=1S/C13H16ClN3O5S2/c14-10-1-2-12(23-10)24(20,21)16-5-3-15(4-6-16)9-11(18)17-7-8-22-13(17)19/h1-2H,3-9H2/p+1. The Morgan fingerprint density at radius 3 is 2.54 bits per heavy atom. The molecule has 0 bridgehead atoms. The SMILES string of the molecule is O=C(C[NH+]1CCN(S(=O)(=O)c2ccc(Cl)s2)CC1)N1CCOC1=O. The number of nitrogens with one attached hydrogen (secondary N) is 1. The van der Waals surface area contributed by atoms with E-state index in [0.29, 0.717) is 30.5 Å². The number of rotatable bonds is 4. The summed E-state index contributed by atoms with van der Waals surface area (Å²) >= 11 is 6.85. The van der Waals surface area contributed by atoms with Gasteiger partial charge in [-0.25, -0.2) is 18.1 Å². The minimum atomic E-state index is -3.53. The van der Waals surface area contributed by atoms with Gasteiger partial charge in [0.1, 0.15) is 10.8 Å². The topological polar surface area (TPSA) is 88.4 Å². The van der Waals surface area contributed by atoms with Crippen molar-refractivity contribution >= 4 is 45.0 Å². The van der Waals surface area contributed by atoms with Gasteiger partial charge in [-0.2, -0.15) is 4.31 Å². The lowest BCUT2D eigenvalue weighted by molar-refractivity contribution is -0.895. The van der Waals surface area contributed by atoms with E-state index in [4.69, 9.17) is 16.3 Å². The van der Waals surface area contributed by atoms with Gasteiger partial charge in [-0.1, -0.05) is 11.6 Å². The quantitative estimate of drug-likeness (QED) is 0.727. The average molecular weight is 395 g/mol. The fraction of sp³-hybridized carbons (Fsp3) is 0.538. The Morgan fingerprint density at radius 2 is 2.00 bits per heavy atom. The van der Waals surface area contributed by atoms with E-state index in [-0.39, 0.29) is 29.8 Å². The van der Waals surface area contributed by atoms with Crippen LogP contribution in [0.2, 0.25) is 4.34 Å². The van der Waals surface area contributed by atoms with Gasteiger partial charge in [0.2, 0.25) is 0 Å². The van der Waals surface area contributed by atoms with Gasteiger partial charge >= 0.3 is 6.09 Å². The molecule has 0 atom stereocenters. The number of nitrogens with zero attached hydrogens (tertiary/aromatic N) is 2. The van der Waals surface area contributed by atoms with Crippen LogP contribution >= 0.6 is 22.9 Å². The van der Waals surface area contributed by atoms with Crippen molar-refractivity contribution < 1.29 is 27.6 Å². The monoisotopic (exact) mass is 394 g/mol. The molecule has 0 spiro atoms. The summed E-state index contributed by atoms with van der Waals surface area (Å²) in [6.07, 6.45) is -0.602. The Labute approximate surface area is 148 Å². The van der Waals surface area contributed by atoms with Crippen molar-refractivity contribution in [2.45, 2.75) is 4.21 Å². The minimum absolute atomic E-state index is 0.161. The Balaban J connectivity index is 1.56. The second kappa shape index (κ2) is 6.96. The molecule has 2 aliphatic heterocycles. The van der Waals surface area contributed by atoms with Crippen molar-refractivity contribution in [3.8, 4) is 0 Å². The second-order valence-corrected chi connectivity index (χ2v) is 9.43. The molecule has 11 heteroatoms. The Hall–Kier alpha value is -1.20. The Bertz CT molecular complexity index is 743. The van der Waals surface area contributed by atoms with E-state index in [0.717, 1.165) is 21.1 Å². The van der Waals surface area contributed by atoms with Crippen LogP contribution in [0.3, 0.4) is 0 Å². The number of ether oxygens (including phenoxy) is 1. The summed E-state index contributed by atoms with van der Waals surface area (Å²) < 4.78 is 31.8. The van der Waals surface area contributed by atoms with Gasteiger partial charge in [-0.05, 0) is 12.1 Å². The van der Waals surface area contributed by atoms with Crippen LogP contribution in [-0.2, 0) is 19.6 Å². The molecule has 8 nitrogen and oxygen atoms in total. The number of cyclic esters (lactones) is 1. The third-order valence-corrected chi connectivity index (χ3v) is 7.63. The van der Waals surface area contributed by atoms with Crippen molar-refractivity contribution in [3.05, 3.63) is 16.5 Å². The largest absolute Gasteiger partial charge is 0.447 e. The molecule has 0 radical (unpaired) electrons. The van der Waals surface area contributed by atoms with E-state index in [1.54, 1.807) is 6.07 Å². The van der Waals surface area contributed by atoms with Crippen LogP contribution in [0.15, 0.2) is 16.3 Å². The number of hydrogen-bond acceptors (Lipinski definition) is 6. The maximum atomic E-state index is 12.5. The first kappa shape index (κ1) is 17.6. The predicted octanol–water partition coefficient (Wildman–Crippen LogP) is -0.730. The van der Waals surface area contributed by atoms with Crippen molar-refractivity contribution in [1.82, 2.24) is 9.21 Å². The van der Waals surface area contributed by atoms with E-state index in [2.05, 4.69) is 0 Å². The van der Waals surface area contributed by atoms with Gasteiger partial charge < -0.3 is 9.64 Å². The molecule has 0 aliphatic carbocycles. The predicted molar refractivity (Wildman–Crippen MR) is 86.7 cm³/mol. The van der Waals surface area contributed by atoms with Crippen LogP contribution in [0.25, 0.3) is 0 Å². The zero-order valence-electron chi connectivity index (χ0n) is 12.7. The number of quaternary nitrogens is 1. The number of amides is 2. The lowest BCUT2D eigenvalue weighted by Gasteiger charge is -2.31. The van der Waals surface area contributed by atoms with Crippen LogP contribution in [0.5, 0.6) is 0 Å². The lowest BCUT2D eigenvalue weighted by atomic mass is 10.3. The molecule has 1 aromatic heterocycles. The number of thiophene rings is 1. The van der Waals surface area contributed by atoms with E-state index < -0.39 is 16.1 Å². The van der Waals surface area contributed by atoms with Crippen molar-refractivity contribution in [3.63, 3.8) is 0 Å². The molecule has 2 saturated heterocycles. The second-order valence-electron chi connectivity index (χ2n) is 5.55. The highest BCUT2D eigenvalue weighted by molar-refractivity contribution is 7.91. The molecule has 0 saturated carbocycles. The number of halogens is 1. The molecular formula is C13H17ClN3O5S2+. The number of piperazine rings is 1. The highest BCUT2D eigenvalue weighted by Gasteiger charge is 2.35. The molecule has 1 aromatic rings. The molecule has 3 rings (SSSR count). The molecule has 1 N–H and O–H groups in total. The van der Waals surface area contributed by atoms with Gasteiger partial charge in [0, 0.05) is 0 Å². The summed E-state index contributed by atoms with van der Waals surface area (Å²) in [4.78, 5) is 25.5. The van der Waals surface area contributed by atoms with Gasteiger partial charge in [-0.15, -0.1) is 11.3 Å². The first-order valence-corrected chi connectivity index (χ1v) is 10.1. The summed E-state index contributed by atoms with van der Waals surface area (Å²) in [6, 6.07) is 3.07. The molecule has 2 fully saturated rings.